The Hall–Kier alpha value is -2.26. The van der Waals surface area contributed by atoms with Gasteiger partial charge in [-0.05, 0) is 81.1 Å². The smallest absolute Gasteiger partial charge is 0.210 e. The SMILES string of the molecule is Cc1ccccc1Sc1cc2nc3cc(Sc4ccccc4C)c(=O)c(Br)c-3oc2c(Br)c1O. The van der Waals surface area contributed by atoms with Gasteiger partial charge in [-0.1, -0.05) is 59.9 Å². The first-order chi connectivity index (χ1) is 16.3. The molecule has 1 heterocycles. The van der Waals surface area contributed by atoms with Crippen LogP contribution >= 0.6 is 55.4 Å². The molecule has 0 saturated carbocycles. The van der Waals surface area contributed by atoms with Crippen molar-refractivity contribution < 1.29 is 9.52 Å². The van der Waals surface area contributed by atoms with E-state index in [4.69, 9.17) is 9.40 Å². The summed E-state index contributed by atoms with van der Waals surface area (Å²) in [5.74, 6) is 0.405. The number of phenols is 1. The zero-order chi connectivity index (χ0) is 24.0. The van der Waals surface area contributed by atoms with Crippen molar-refractivity contribution in [3.63, 3.8) is 0 Å². The first-order valence-corrected chi connectivity index (χ1v) is 13.5. The molecule has 5 rings (SSSR count). The molecule has 8 heteroatoms. The number of fused-ring (bicyclic) bond motifs is 2. The van der Waals surface area contributed by atoms with Crippen LogP contribution in [-0.2, 0) is 0 Å². The van der Waals surface area contributed by atoms with Gasteiger partial charge >= 0.3 is 0 Å². The fraction of sp³-hybridized carbons (Fsp3) is 0.0769. The molecule has 0 radical (unpaired) electrons. The molecule has 1 N–H and O–H groups in total. The Morgan fingerprint density at radius 1 is 0.824 bits per heavy atom. The van der Waals surface area contributed by atoms with Crippen LogP contribution in [0.1, 0.15) is 11.1 Å². The van der Waals surface area contributed by atoms with Crippen LogP contribution in [0.4, 0.5) is 0 Å². The molecule has 0 saturated heterocycles. The van der Waals surface area contributed by atoms with Gasteiger partial charge < -0.3 is 9.52 Å². The van der Waals surface area contributed by atoms with Gasteiger partial charge in [0.2, 0.25) is 5.43 Å². The summed E-state index contributed by atoms with van der Waals surface area (Å²) < 4.78 is 6.79. The molecule has 4 nitrogen and oxygen atoms in total. The maximum atomic E-state index is 13.1. The number of rotatable bonds is 4. The van der Waals surface area contributed by atoms with Crippen molar-refractivity contribution >= 4 is 66.5 Å². The zero-order valence-corrected chi connectivity index (χ0v) is 22.9. The van der Waals surface area contributed by atoms with Gasteiger partial charge in [-0.15, -0.1) is 0 Å². The lowest BCUT2D eigenvalue weighted by molar-refractivity contribution is 0.457. The van der Waals surface area contributed by atoms with Crippen molar-refractivity contribution in [1.29, 1.82) is 0 Å². The van der Waals surface area contributed by atoms with Crippen LogP contribution in [-0.4, -0.2) is 10.1 Å². The topological polar surface area (TPSA) is 63.3 Å². The van der Waals surface area contributed by atoms with Crippen molar-refractivity contribution in [3.8, 4) is 17.2 Å². The van der Waals surface area contributed by atoms with Gasteiger partial charge in [-0.3, -0.25) is 4.79 Å². The van der Waals surface area contributed by atoms with Crippen LogP contribution in [0.3, 0.4) is 0 Å². The summed E-state index contributed by atoms with van der Waals surface area (Å²) in [5, 5.41) is 10.8. The summed E-state index contributed by atoms with van der Waals surface area (Å²) in [7, 11) is 0. The first kappa shape index (κ1) is 23.5. The maximum absolute atomic E-state index is 13.1. The third-order valence-corrected chi connectivity index (χ3v) is 9.20. The van der Waals surface area contributed by atoms with E-state index in [9.17, 15) is 9.90 Å². The number of hydrogen-bond acceptors (Lipinski definition) is 6. The van der Waals surface area contributed by atoms with E-state index in [2.05, 4.69) is 31.9 Å². The normalized spacial score (nSPS) is 11.4. The molecule has 170 valence electrons. The molecule has 0 atom stereocenters. The first-order valence-electron chi connectivity index (χ1n) is 10.3. The molecule has 34 heavy (non-hydrogen) atoms. The summed E-state index contributed by atoms with van der Waals surface area (Å²) in [5.41, 5.74) is 3.54. The number of aromatic hydroxyl groups is 1. The Labute approximate surface area is 221 Å². The van der Waals surface area contributed by atoms with Crippen molar-refractivity contribution in [2.45, 2.75) is 33.4 Å². The molecule has 3 aromatic rings. The minimum Gasteiger partial charge on any atom is -0.505 e. The summed E-state index contributed by atoms with van der Waals surface area (Å²) >= 11 is 9.75. The Kier molecular flexibility index (Phi) is 6.50. The fourth-order valence-electron chi connectivity index (χ4n) is 3.49. The van der Waals surface area contributed by atoms with E-state index in [-0.39, 0.29) is 11.2 Å². The number of nitrogens with zero attached hydrogens (tertiary/aromatic N) is 1. The van der Waals surface area contributed by atoms with E-state index in [0.717, 1.165) is 20.9 Å². The monoisotopic (exact) mass is 613 g/mol. The van der Waals surface area contributed by atoms with Crippen molar-refractivity contribution in [1.82, 2.24) is 4.98 Å². The predicted molar refractivity (Wildman–Crippen MR) is 145 cm³/mol. The van der Waals surface area contributed by atoms with Gasteiger partial charge in [0.1, 0.15) is 25.9 Å². The fourth-order valence-corrected chi connectivity index (χ4v) is 6.71. The molecule has 0 spiro atoms. The minimum atomic E-state index is -0.169. The van der Waals surface area contributed by atoms with Crippen LogP contribution in [0, 0.1) is 13.8 Å². The molecule has 0 amide bonds. The molecular formula is C26H17Br2NO3S2. The average Bonchev–Trinajstić information content (AvgIpc) is 2.83. The Balaban J connectivity index is 1.66. The summed E-state index contributed by atoms with van der Waals surface area (Å²) in [6, 6.07) is 19.5. The van der Waals surface area contributed by atoms with Crippen LogP contribution in [0.25, 0.3) is 22.6 Å². The second-order valence-electron chi connectivity index (χ2n) is 7.70. The second kappa shape index (κ2) is 9.41. The molecule has 0 bridgehead atoms. The maximum Gasteiger partial charge on any atom is 0.210 e. The molecule has 0 unspecified atom stereocenters. The Bertz CT molecular complexity index is 1600. The third kappa shape index (κ3) is 4.28. The number of halogens is 2. The van der Waals surface area contributed by atoms with Gasteiger partial charge in [0, 0.05) is 9.79 Å². The van der Waals surface area contributed by atoms with Crippen molar-refractivity contribution in [2.24, 2.45) is 0 Å². The van der Waals surface area contributed by atoms with Crippen LogP contribution in [0.2, 0.25) is 0 Å². The van der Waals surface area contributed by atoms with Gasteiger partial charge in [0.15, 0.2) is 11.3 Å². The molecule has 3 aromatic carbocycles. The van der Waals surface area contributed by atoms with E-state index in [1.807, 2.05) is 68.4 Å². The van der Waals surface area contributed by atoms with E-state index in [0.29, 0.717) is 41.3 Å². The summed E-state index contributed by atoms with van der Waals surface area (Å²) in [6.07, 6.45) is 0. The quantitative estimate of drug-likeness (QED) is 0.205. The van der Waals surface area contributed by atoms with E-state index in [1.54, 1.807) is 6.07 Å². The van der Waals surface area contributed by atoms with Gasteiger partial charge in [-0.25, -0.2) is 4.98 Å². The van der Waals surface area contributed by atoms with E-state index >= 15 is 0 Å². The number of benzene rings is 4. The third-order valence-electron chi connectivity index (χ3n) is 5.34. The van der Waals surface area contributed by atoms with Crippen LogP contribution in [0.5, 0.6) is 5.75 Å². The largest absolute Gasteiger partial charge is 0.505 e. The zero-order valence-electron chi connectivity index (χ0n) is 18.1. The molecule has 1 aliphatic carbocycles. The molecular weight excluding hydrogens is 598 g/mol. The molecule has 1 aliphatic heterocycles. The van der Waals surface area contributed by atoms with E-state index in [1.165, 1.54) is 23.5 Å². The molecule has 2 aliphatic rings. The van der Waals surface area contributed by atoms with Crippen LogP contribution in [0.15, 0.2) is 98.4 Å². The number of phenolic OH excluding ortho intramolecular Hbond substituents is 1. The highest BCUT2D eigenvalue weighted by atomic mass is 79.9. The average molecular weight is 615 g/mol. The highest BCUT2D eigenvalue weighted by molar-refractivity contribution is 9.11. The predicted octanol–water partition coefficient (Wildman–Crippen LogP) is 8.44. The molecule has 0 aromatic heterocycles. The van der Waals surface area contributed by atoms with Gasteiger partial charge in [-0.2, -0.15) is 0 Å². The standard InChI is InChI=1S/C26H17Br2NO3S2/c1-13-7-3-5-9-17(13)33-19-11-15-25(21(27)23(19)30)32-26-16(29-15)12-20(24(31)22(26)28)34-18-10-6-4-8-14(18)2/h3-12,30H,1-2H3. The van der Waals surface area contributed by atoms with Gasteiger partial charge in [0.25, 0.3) is 0 Å². The molecule has 0 fully saturated rings. The summed E-state index contributed by atoms with van der Waals surface area (Å²) in [6.45, 7) is 4.05. The lowest BCUT2D eigenvalue weighted by Gasteiger charge is -2.14. The Morgan fingerprint density at radius 2 is 1.41 bits per heavy atom. The highest BCUT2D eigenvalue weighted by Crippen LogP contribution is 2.45. The van der Waals surface area contributed by atoms with E-state index < -0.39 is 0 Å². The number of aromatic nitrogens is 1. The highest BCUT2D eigenvalue weighted by Gasteiger charge is 2.23. The number of aryl methyl sites for hydroxylation is 2. The lowest BCUT2D eigenvalue weighted by Crippen LogP contribution is -2.08. The lowest BCUT2D eigenvalue weighted by atomic mass is 10.2. The van der Waals surface area contributed by atoms with Crippen LogP contribution < -0.4 is 5.43 Å². The Morgan fingerprint density at radius 3 is 2.03 bits per heavy atom. The number of hydrogen-bond donors (Lipinski definition) is 1. The minimum absolute atomic E-state index is 0.0656. The van der Waals surface area contributed by atoms with Crippen molar-refractivity contribution in [2.75, 3.05) is 0 Å². The second-order valence-corrected chi connectivity index (χ2v) is 11.5. The van der Waals surface area contributed by atoms with Crippen molar-refractivity contribution in [3.05, 3.63) is 91.0 Å². The summed E-state index contributed by atoms with van der Waals surface area (Å²) in [4.78, 5) is 21.1. The van der Waals surface area contributed by atoms with Gasteiger partial charge in [0.05, 0.1) is 9.79 Å².